The summed E-state index contributed by atoms with van der Waals surface area (Å²) in [6.07, 6.45) is 6.53. The maximum Gasteiger partial charge on any atom is 0.343 e. The monoisotopic (exact) mass is 524 g/mol. The standard InChI is InChI=1S/C30H36O8/c1-4-34-21-22-36-28(31)18-11-24-9-14-27(15-10-24)38-30(33)25-12-16-26(17-13-25)35-19-7-5-6-8-20-37-29(32)23(2)3/h9-18H,2,4-8,19-22H2,1,3H3/b18-11+. The molecule has 0 saturated carbocycles. The van der Waals surface area contributed by atoms with E-state index in [1.54, 1.807) is 61.5 Å². The fourth-order valence-corrected chi connectivity index (χ4v) is 3.09. The number of esters is 3. The van der Waals surface area contributed by atoms with Gasteiger partial charge in [-0.05, 0) is 87.6 Å². The highest BCUT2D eigenvalue weighted by Gasteiger charge is 2.09. The Hall–Kier alpha value is -3.91. The molecule has 0 unspecified atom stereocenters. The molecule has 0 amide bonds. The van der Waals surface area contributed by atoms with Gasteiger partial charge in [0.1, 0.15) is 18.1 Å². The predicted octanol–water partition coefficient (Wildman–Crippen LogP) is 5.56. The van der Waals surface area contributed by atoms with Gasteiger partial charge in [-0.2, -0.15) is 0 Å². The quantitative estimate of drug-likeness (QED) is 0.115. The lowest BCUT2D eigenvalue weighted by Crippen LogP contribution is -2.08. The molecule has 2 aromatic carbocycles. The minimum absolute atomic E-state index is 0.205. The van der Waals surface area contributed by atoms with Gasteiger partial charge in [0, 0.05) is 18.3 Å². The van der Waals surface area contributed by atoms with E-state index in [9.17, 15) is 14.4 Å². The first-order chi connectivity index (χ1) is 18.4. The van der Waals surface area contributed by atoms with Gasteiger partial charge in [-0.1, -0.05) is 18.7 Å². The third-order valence-corrected chi connectivity index (χ3v) is 5.16. The van der Waals surface area contributed by atoms with Crippen LogP contribution in [0.5, 0.6) is 11.5 Å². The van der Waals surface area contributed by atoms with E-state index in [0.717, 1.165) is 31.2 Å². The second-order valence-electron chi connectivity index (χ2n) is 8.36. The smallest absolute Gasteiger partial charge is 0.343 e. The van der Waals surface area contributed by atoms with Crippen LogP contribution in [0.15, 0.2) is 66.8 Å². The van der Waals surface area contributed by atoms with Gasteiger partial charge in [0.25, 0.3) is 0 Å². The first-order valence-electron chi connectivity index (χ1n) is 12.7. The minimum Gasteiger partial charge on any atom is -0.494 e. The summed E-state index contributed by atoms with van der Waals surface area (Å²) in [4.78, 5) is 35.4. The second kappa shape index (κ2) is 17.5. The van der Waals surface area contributed by atoms with Crippen LogP contribution in [0.25, 0.3) is 6.08 Å². The lowest BCUT2D eigenvalue weighted by molar-refractivity contribution is -0.140. The van der Waals surface area contributed by atoms with Gasteiger partial charge in [-0.25, -0.2) is 14.4 Å². The summed E-state index contributed by atoms with van der Waals surface area (Å²) in [5.74, 6) is -0.223. The van der Waals surface area contributed by atoms with Crippen LogP contribution in [0.3, 0.4) is 0 Å². The maximum absolute atomic E-state index is 12.5. The molecule has 0 bridgehead atoms. The average Bonchev–Trinajstić information content (AvgIpc) is 2.92. The van der Waals surface area contributed by atoms with E-state index in [0.29, 0.717) is 49.1 Å². The van der Waals surface area contributed by atoms with Gasteiger partial charge in [0.15, 0.2) is 0 Å². The molecule has 38 heavy (non-hydrogen) atoms. The van der Waals surface area contributed by atoms with E-state index in [-0.39, 0.29) is 12.6 Å². The molecular formula is C30H36O8. The van der Waals surface area contributed by atoms with E-state index < -0.39 is 11.9 Å². The molecule has 0 saturated heterocycles. The first kappa shape index (κ1) is 30.3. The highest BCUT2D eigenvalue weighted by molar-refractivity contribution is 5.91. The van der Waals surface area contributed by atoms with Crippen LogP contribution in [0.4, 0.5) is 0 Å². The Balaban J connectivity index is 1.67. The number of benzene rings is 2. The molecule has 0 aliphatic carbocycles. The topological polar surface area (TPSA) is 97.4 Å². The molecule has 0 fully saturated rings. The summed E-state index contributed by atoms with van der Waals surface area (Å²) in [5.41, 5.74) is 1.57. The van der Waals surface area contributed by atoms with Gasteiger partial charge in [-0.15, -0.1) is 0 Å². The number of carbonyl (C=O) groups excluding carboxylic acids is 3. The third kappa shape index (κ3) is 12.4. The van der Waals surface area contributed by atoms with Gasteiger partial charge in [0.2, 0.25) is 0 Å². The third-order valence-electron chi connectivity index (χ3n) is 5.16. The van der Waals surface area contributed by atoms with Gasteiger partial charge in [-0.3, -0.25) is 0 Å². The normalized spacial score (nSPS) is 10.7. The molecular weight excluding hydrogens is 488 g/mol. The highest BCUT2D eigenvalue weighted by atomic mass is 16.6. The second-order valence-corrected chi connectivity index (χ2v) is 8.36. The largest absolute Gasteiger partial charge is 0.494 e. The molecule has 0 aliphatic rings. The zero-order valence-electron chi connectivity index (χ0n) is 22.1. The average molecular weight is 525 g/mol. The summed E-state index contributed by atoms with van der Waals surface area (Å²) in [6, 6.07) is 13.5. The van der Waals surface area contributed by atoms with Crippen LogP contribution in [-0.2, 0) is 23.8 Å². The van der Waals surface area contributed by atoms with Crippen LogP contribution >= 0.6 is 0 Å². The van der Waals surface area contributed by atoms with Crippen molar-refractivity contribution in [2.24, 2.45) is 0 Å². The van der Waals surface area contributed by atoms with E-state index in [1.165, 1.54) is 6.08 Å². The molecule has 8 nitrogen and oxygen atoms in total. The Bertz CT molecular complexity index is 1050. The molecule has 0 radical (unpaired) electrons. The summed E-state index contributed by atoms with van der Waals surface area (Å²) in [5, 5.41) is 0. The van der Waals surface area contributed by atoms with Crippen molar-refractivity contribution in [2.75, 3.05) is 33.0 Å². The minimum atomic E-state index is -0.481. The Morgan fingerprint density at radius 3 is 2.11 bits per heavy atom. The number of hydrogen-bond donors (Lipinski definition) is 0. The SMILES string of the molecule is C=C(C)C(=O)OCCCCCCOc1ccc(C(=O)Oc2ccc(/C=C/C(=O)OCCOCC)cc2)cc1. The highest BCUT2D eigenvalue weighted by Crippen LogP contribution is 2.18. The number of unbranched alkanes of at least 4 members (excludes halogenated alkanes) is 3. The van der Waals surface area contributed by atoms with Crippen molar-refractivity contribution >= 4 is 24.0 Å². The molecule has 0 atom stereocenters. The number of rotatable bonds is 17. The van der Waals surface area contributed by atoms with Crippen molar-refractivity contribution in [3.63, 3.8) is 0 Å². The Labute approximate surface area is 224 Å². The zero-order valence-corrected chi connectivity index (χ0v) is 22.1. The molecule has 0 N–H and O–H groups in total. The van der Waals surface area contributed by atoms with Crippen molar-refractivity contribution in [1.82, 2.24) is 0 Å². The summed E-state index contributed by atoms with van der Waals surface area (Å²) < 4.78 is 26.3. The van der Waals surface area contributed by atoms with Crippen molar-refractivity contribution in [3.05, 3.63) is 77.9 Å². The van der Waals surface area contributed by atoms with E-state index >= 15 is 0 Å². The van der Waals surface area contributed by atoms with Crippen LogP contribution in [-0.4, -0.2) is 50.9 Å². The van der Waals surface area contributed by atoms with Crippen molar-refractivity contribution in [2.45, 2.75) is 39.5 Å². The predicted molar refractivity (Wildman–Crippen MR) is 144 cm³/mol. The number of ether oxygens (including phenoxy) is 5. The van der Waals surface area contributed by atoms with E-state index in [1.807, 2.05) is 6.92 Å². The summed E-state index contributed by atoms with van der Waals surface area (Å²) >= 11 is 0. The molecule has 0 heterocycles. The molecule has 2 rings (SSSR count). The first-order valence-corrected chi connectivity index (χ1v) is 12.7. The zero-order chi connectivity index (χ0) is 27.6. The Kier molecular flexibility index (Phi) is 14.0. The van der Waals surface area contributed by atoms with E-state index in [2.05, 4.69) is 6.58 Å². The lowest BCUT2D eigenvalue weighted by atomic mass is 10.2. The number of hydrogen-bond acceptors (Lipinski definition) is 8. The summed E-state index contributed by atoms with van der Waals surface area (Å²) in [6.45, 7) is 9.15. The van der Waals surface area contributed by atoms with Crippen molar-refractivity contribution < 1.29 is 38.1 Å². The lowest BCUT2D eigenvalue weighted by Gasteiger charge is -2.08. The number of carbonyl (C=O) groups is 3. The van der Waals surface area contributed by atoms with Crippen LogP contribution in [0.1, 0.15) is 55.5 Å². The Morgan fingerprint density at radius 2 is 1.45 bits per heavy atom. The maximum atomic E-state index is 12.5. The van der Waals surface area contributed by atoms with Gasteiger partial charge < -0.3 is 23.7 Å². The molecule has 0 aliphatic heterocycles. The van der Waals surface area contributed by atoms with Gasteiger partial charge in [0.05, 0.1) is 25.4 Å². The molecule has 8 heteroatoms. The molecule has 2 aromatic rings. The Morgan fingerprint density at radius 1 is 0.789 bits per heavy atom. The summed E-state index contributed by atoms with van der Waals surface area (Å²) in [7, 11) is 0. The fourth-order valence-electron chi connectivity index (χ4n) is 3.09. The van der Waals surface area contributed by atoms with Crippen molar-refractivity contribution in [1.29, 1.82) is 0 Å². The molecule has 0 spiro atoms. The fraction of sp³-hybridized carbons (Fsp3) is 0.367. The van der Waals surface area contributed by atoms with Gasteiger partial charge >= 0.3 is 17.9 Å². The molecule has 204 valence electrons. The molecule has 0 aromatic heterocycles. The van der Waals surface area contributed by atoms with E-state index in [4.69, 9.17) is 23.7 Å². The van der Waals surface area contributed by atoms with Crippen LogP contribution in [0.2, 0.25) is 0 Å². The van der Waals surface area contributed by atoms with Crippen molar-refractivity contribution in [3.8, 4) is 11.5 Å². The van der Waals surface area contributed by atoms with Crippen LogP contribution in [0, 0.1) is 0 Å². The van der Waals surface area contributed by atoms with Crippen LogP contribution < -0.4 is 9.47 Å².